The zero-order valence-corrected chi connectivity index (χ0v) is 21.1. The Balaban J connectivity index is 0.00000272. The van der Waals surface area contributed by atoms with E-state index in [2.05, 4.69) is 49.0 Å². The highest BCUT2D eigenvalue weighted by atomic mass is 127. The fourth-order valence-corrected chi connectivity index (χ4v) is 4.77. The largest absolute Gasteiger partial charge is 0.360 e. The molecule has 0 saturated carbocycles. The predicted molar refractivity (Wildman–Crippen MR) is 140 cm³/mol. The van der Waals surface area contributed by atoms with Crippen molar-refractivity contribution in [2.45, 2.75) is 19.4 Å². The highest BCUT2D eigenvalue weighted by Crippen LogP contribution is 2.22. The van der Waals surface area contributed by atoms with Gasteiger partial charge in [0.2, 0.25) is 0 Å². The lowest BCUT2D eigenvalue weighted by Crippen LogP contribution is -2.52. The number of benzene rings is 1. The molecule has 1 aromatic carbocycles. The lowest BCUT2D eigenvalue weighted by Gasteiger charge is -2.37. The van der Waals surface area contributed by atoms with Gasteiger partial charge in [-0.1, -0.05) is 12.1 Å². The van der Waals surface area contributed by atoms with Crippen LogP contribution in [0.25, 0.3) is 0 Å². The van der Waals surface area contributed by atoms with Gasteiger partial charge in [0.25, 0.3) is 0 Å². The van der Waals surface area contributed by atoms with Crippen molar-refractivity contribution >= 4 is 58.0 Å². The number of carbonyl (C=O) groups is 1. The Morgan fingerprint density at radius 1 is 1.03 bits per heavy atom. The standard InChI is InChI=1S/C22H30N6OS.HI/c1-23-21(27-13-11-26(12-14-27)20-8-5-15-30-20)24-17-18-6-4-7-19(16-18)25-22(29)28-9-2-3-10-28;/h4-8,15-16H,2-3,9-14,17H2,1H3,(H,23,24)(H,25,29);1H. The van der Waals surface area contributed by atoms with Crippen LogP contribution in [0.4, 0.5) is 15.5 Å². The highest BCUT2D eigenvalue weighted by Gasteiger charge is 2.20. The molecule has 3 heterocycles. The van der Waals surface area contributed by atoms with Crippen LogP contribution in [0.15, 0.2) is 46.8 Å². The van der Waals surface area contributed by atoms with E-state index in [1.54, 1.807) is 11.3 Å². The fraction of sp³-hybridized carbons (Fsp3) is 0.455. The molecule has 2 fully saturated rings. The highest BCUT2D eigenvalue weighted by molar-refractivity contribution is 14.0. The van der Waals surface area contributed by atoms with Gasteiger partial charge in [-0.05, 0) is 48.1 Å². The van der Waals surface area contributed by atoms with Crippen LogP contribution in [0, 0.1) is 0 Å². The van der Waals surface area contributed by atoms with Crippen LogP contribution in [-0.2, 0) is 6.54 Å². The van der Waals surface area contributed by atoms with E-state index in [1.165, 1.54) is 5.00 Å². The van der Waals surface area contributed by atoms with Crippen LogP contribution < -0.4 is 15.5 Å². The van der Waals surface area contributed by atoms with Crippen molar-refractivity contribution in [2.24, 2.45) is 4.99 Å². The molecule has 0 unspecified atom stereocenters. The van der Waals surface area contributed by atoms with Gasteiger partial charge in [0.05, 0.1) is 5.00 Å². The van der Waals surface area contributed by atoms with Gasteiger partial charge in [-0.25, -0.2) is 4.79 Å². The van der Waals surface area contributed by atoms with E-state index >= 15 is 0 Å². The molecule has 168 valence electrons. The molecule has 9 heteroatoms. The molecular weight excluding hydrogens is 523 g/mol. The van der Waals surface area contributed by atoms with Gasteiger partial charge in [-0.3, -0.25) is 4.99 Å². The zero-order valence-electron chi connectivity index (χ0n) is 17.9. The Labute approximate surface area is 205 Å². The molecule has 0 spiro atoms. The van der Waals surface area contributed by atoms with E-state index in [1.807, 2.05) is 30.1 Å². The third kappa shape index (κ3) is 6.25. The van der Waals surface area contributed by atoms with E-state index in [9.17, 15) is 4.79 Å². The number of nitrogens with zero attached hydrogens (tertiary/aromatic N) is 4. The van der Waals surface area contributed by atoms with E-state index in [4.69, 9.17) is 0 Å². The first-order chi connectivity index (χ1) is 14.7. The number of nitrogens with one attached hydrogen (secondary N) is 2. The maximum atomic E-state index is 12.3. The van der Waals surface area contributed by atoms with Crippen LogP contribution in [0.1, 0.15) is 18.4 Å². The molecule has 0 atom stereocenters. The number of halogens is 1. The number of likely N-dealkylation sites (tertiary alicyclic amines) is 1. The van der Waals surface area contributed by atoms with E-state index in [0.717, 1.165) is 69.3 Å². The molecule has 2 aliphatic rings. The van der Waals surface area contributed by atoms with Crippen molar-refractivity contribution in [1.29, 1.82) is 0 Å². The van der Waals surface area contributed by atoms with Crippen molar-refractivity contribution in [2.75, 3.05) is 56.5 Å². The number of amides is 2. The van der Waals surface area contributed by atoms with Crippen LogP contribution in [0.3, 0.4) is 0 Å². The van der Waals surface area contributed by atoms with Gasteiger partial charge < -0.3 is 25.3 Å². The number of rotatable bonds is 4. The molecule has 2 aromatic rings. The fourth-order valence-electron chi connectivity index (χ4n) is 3.98. The quantitative estimate of drug-likeness (QED) is 0.342. The average molecular weight is 555 g/mol. The van der Waals surface area contributed by atoms with Crippen LogP contribution in [-0.4, -0.2) is 68.1 Å². The molecule has 2 amide bonds. The Hall–Kier alpha value is -2.01. The third-order valence-corrected chi connectivity index (χ3v) is 6.56. The smallest absolute Gasteiger partial charge is 0.321 e. The van der Waals surface area contributed by atoms with E-state index in [-0.39, 0.29) is 30.0 Å². The van der Waals surface area contributed by atoms with E-state index < -0.39 is 0 Å². The van der Waals surface area contributed by atoms with E-state index in [0.29, 0.717) is 6.54 Å². The van der Waals surface area contributed by atoms with Gasteiger partial charge in [0.15, 0.2) is 5.96 Å². The van der Waals surface area contributed by atoms with Gasteiger partial charge in [0.1, 0.15) is 0 Å². The molecule has 0 radical (unpaired) electrons. The number of carbonyl (C=O) groups excluding carboxylic acids is 1. The summed E-state index contributed by atoms with van der Waals surface area (Å²) in [5, 5.41) is 9.97. The third-order valence-electron chi connectivity index (χ3n) is 5.63. The minimum absolute atomic E-state index is 0. The van der Waals surface area contributed by atoms with Gasteiger partial charge in [0, 0.05) is 58.5 Å². The maximum Gasteiger partial charge on any atom is 0.321 e. The SMILES string of the molecule is CN=C(NCc1cccc(NC(=O)N2CCCC2)c1)N1CCN(c2cccs2)CC1.I. The molecular formula is C22H31IN6OS. The molecule has 2 aliphatic heterocycles. The zero-order chi connectivity index (χ0) is 20.8. The molecule has 0 bridgehead atoms. The summed E-state index contributed by atoms with van der Waals surface area (Å²) in [5.74, 6) is 0.923. The number of anilines is 2. The Morgan fingerprint density at radius 3 is 2.48 bits per heavy atom. The molecule has 2 N–H and O–H groups in total. The summed E-state index contributed by atoms with van der Waals surface area (Å²) < 4.78 is 0. The first-order valence-electron chi connectivity index (χ1n) is 10.6. The maximum absolute atomic E-state index is 12.3. The first kappa shape index (κ1) is 23.6. The molecule has 31 heavy (non-hydrogen) atoms. The Morgan fingerprint density at radius 2 is 1.81 bits per heavy atom. The minimum Gasteiger partial charge on any atom is -0.360 e. The second kappa shape index (κ2) is 11.6. The lowest BCUT2D eigenvalue weighted by atomic mass is 10.2. The normalized spacial score (nSPS) is 16.8. The van der Waals surface area contributed by atoms with Crippen molar-refractivity contribution in [3.8, 4) is 0 Å². The molecule has 4 rings (SSSR count). The summed E-state index contributed by atoms with van der Waals surface area (Å²) in [6.07, 6.45) is 2.19. The molecule has 2 saturated heterocycles. The molecule has 1 aromatic heterocycles. The monoisotopic (exact) mass is 554 g/mol. The number of piperazine rings is 1. The summed E-state index contributed by atoms with van der Waals surface area (Å²) in [6.45, 7) is 6.27. The molecule has 0 aliphatic carbocycles. The van der Waals surface area contributed by atoms with Crippen LogP contribution in [0.5, 0.6) is 0 Å². The van der Waals surface area contributed by atoms with Gasteiger partial charge >= 0.3 is 6.03 Å². The number of hydrogen-bond acceptors (Lipinski definition) is 4. The lowest BCUT2D eigenvalue weighted by molar-refractivity contribution is 0.222. The molecule has 7 nitrogen and oxygen atoms in total. The predicted octanol–water partition coefficient (Wildman–Crippen LogP) is 3.89. The number of aliphatic imine (C=N–C) groups is 1. The van der Waals surface area contributed by atoms with Crippen molar-refractivity contribution < 1.29 is 4.79 Å². The van der Waals surface area contributed by atoms with Crippen molar-refractivity contribution in [1.82, 2.24) is 15.1 Å². The summed E-state index contributed by atoms with van der Waals surface area (Å²) >= 11 is 1.79. The minimum atomic E-state index is -0.00275. The summed E-state index contributed by atoms with van der Waals surface area (Å²) in [6, 6.07) is 12.3. The summed E-state index contributed by atoms with van der Waals surface area (Å²) in [7, 11) is 1.83. The summed E-state index contributed by atoms with van der Waals surface area (Å²) in [4.78, 5) is 23.4. The number of guanidine groups is 1. The van der Waals surface area contributed by atoms with Crippen LogP contribution >= 0.6 is 35.3 Å². The topological polar surface area (TPSA) is 63.2 Å². The van der Waals surface area contributed by atoms with Crippen molar-refractivity contribution in [3.05, 3.63) is 47.3 Å². The first-order valence-corrected chi connectivity index (χ1v) is 11.5. The van der Waals surface area contributed by atoms with Crippen LogP contribution in [0.2, 0.25) is 0 Å². The summed E-state index contributed by atoms with van der Waals surface area (Å²) in [5.41, 5.74) is 1.96. The number of urea groups is 1. The van der Waals surface area contributed by atoms with Gasteiger partial charge in [-0.15, -0.1) is 35.3 Å². The van der Waals surface area contributed by atoms with Crippen molar-refractivity contribution in [3.63, 3.8) is 0 Å². The Kier molecular flexibility index (Phi) is 8.82. The number of hydrogen-bond donors (Lipinski definition) is 2. The second-order valence-electron chi connectivity index (χ2n) is 7.65. The average Bonchev–Trinajstić information content (AvgIpc) is 3.49. The Bertz CT molecular complexity index is 861. The second-order valence-corrected chi connectivity index (χ2v) is 8.58. The number of thiophene rings is 1. The van der Waals surface area contributed by atoms with Gasteiger partial charge in [-0.2, -0.15) is 0 Å².